The average Bonchev–Trinajstić information content (AvgIpc) is 2.59. The van der Waals surface area contributed by atoms with Crippen molar-refractivity contribution in [1.82, 2.24) is 4.98 Å². The maximum absolute atomic E-state index is 11.7. The number of aromatic nitrogens is 1. The molecular weight excluding hydrogens is 294 g/mol. The highest BCUT2D eigenvalue weighted by Crippen LogP contribution is 2.32. The summed E-state index contributed by atoms with van der Waals surface area (Å²) in [6.07, 6.45) is 3.44. The second kappa shape index (κ2) is 6.36. The van der Waals surface area contributed by atoms with Crippen molar-refractivity contribution in [3.05, 3.63) is 66.0 Å². The molecule has 0 bridgehead atoms. The van der Waals surface area contributed by atoms with Crippen molar-refractivity contribution in [2.24, 2.45) is 0 Å². The normalized spacial score (nSPS) is 10.5. The lowest BCUT2D eigenvalue weighted by Gasteiger charge is -2.11. The van der Waals surface area contributed by atoms with Crippen LogP contribution in [-0.4, -0.2) is 23.2 Å². The van der Waals surface area contributed by atoms with Crippen LogP contribution in [0.25, 0.3) is 10.8 Å². The summed E-state index contributed by atoms with van der Waals surface area (Å²) >= 11 is 0. The first-order chi connectivity index (χ1) is 11.2. The van der Waals surface area contributed by atoms with E-state index in [4.69, 9.17) is 4.74 Å². The van der Waals surface area contributed by atoms with E-state index in [1.54, 1.807) is 18.5 Å². The molecule has 5 heteroatoms. The first-order valence-corrected chi connectivity index (χ1v) is 7.05. The first kappa shape index (κ1) is 14.8. The van der Waals surface area contributed by atoms with E-state index in [0.29, 0.717) is 12.4 Å². The van der Waals surface area contributed by atoms with Gasteiger partial charge in [0, 0.05) is 23.3 Å². The summed E-state index contributed by atoms with van der Waals surface area (Å²) in [5.74, 6) is -0.0917. The van der Waals surface area contributed by atoms with Crippen LogP contribution in [0.1, 0.15) is 15.9 Å². The number of aromatic hydroxyl groups is 1. The van der Waals surface area contributed by atoms with E-state index in [0.717, 1.165) is 16.3 Å². The van der Waals surface area contributed by atoms with Gasteiger partial charge in [0.2, 0.25) is 0 Å². The number of phenols is 1. The summed E-state index contributed by atoms with van der Waals surface area (Å²) in [5, 5.41) is 11.6. The van der Waals surface area contributed by atoms with Crippen molar-refractivity contribution < 1.29 is 19.4 Å². The second-order valence-electron chi connectivity index (χ2n) is 4.99. The van der Waals surface area contributed by atoms with Crippen LogP contribution in [0, 0.1) is 0 Å². The van der Waals surface area contributed by atoms with Crippen LogP contribution in [0.3, 0.4) is 0 Å². The second-order valence-corrected chi connectivity index (χ2v) is 4.99. The van der Waals surface area contributed by atoms with E-state index in [-0.39, 0.29) is 11.3 Å². The summed E-state index contributed by atoms with van der Waals surface area (Å²) in [6.45, 7) is 0.368. The Bertz CT molecular complexity index is 846. The van der Waals surface area contributed by atoms with Crippen LogP contribution in [0.2, 0.25) is 0 Å². The molecule has 23 heavy (non-hydrogen) atoms. The maximum atomic E-state index is 11.7. The van der Waals surface area contributed by atoms with Crippen molar-refractivity contribution in [3.63, 3.8) is 0 Å². The zero-order chi connectivity index (χ0) is 16.2. The SMILES string of the molecule is COC(=O)c1cc2cccc(OCc3cccnc3)c2cc1O. The van der Waals surface area contributed by atoms with Gasteiger partial charge in [-0.05, 0) is 29.7 Å². The van der Waals surface area contributed by atoms with Gasteiger partial charge in [-0.15, -0.1) is 0 Å². The molecule has 3 rings (SSSR count). The van der Waals surface area contributed by atoms with Crippen molar-refractivity contribution in [2.45, 2.75) is 6.61 Å². The quantitative estimate of drug-likeness (QED) is 0.749. The molecule has 1 heterocycles. The molecule has 0 spiro atoms. The summed E-state index contributed by atoms with van der Waals surface area (Å²) in [5.41, 5.74) is 1.07. The Morgan fingerprint density at radius 1 is 1.22 bits per heavy atom. The molecule has 0 atom stereocenters. The lowest BCUT2D eigenvalue weighted by Crippen LogP contribution is -2.02. The van der Waals surface area contributed by atoms with Crippen LogP contribution in [0.15, 0.2) is 54.9 Å². The van der Waals surface area contributed by atoms with Gasteiger partial charge in [0.1, 0.15) is 23.7 Å². The molecule has 0 saturated heterocycles. The molecule has 2 aromatic carbocycles. The Morgan fingerprint density at radius 2 is 2.09 bits per heavy atom. The highest BCUT2D eigenvalue weighted by atomic mass is 16.5. The monoisotopic (exact) mass is 309 g/mol. The molecule has 1 aromatic heterocycles. The predicted molar refractivity (Wildman–Crippen MR) is 85.5 cm³/mol. The molecule has 3 aromatic rings. The molecule has 0 fully saturated rings. The number of benzene rings is 2. The number of fused-ring (bicyclic) bond motifs is 1. The van der Waals surface area contributed by atoms with Crippen LogP contribution in [-0.2, 0) is 11.3 Å². The zero-order valence-electron chi connectivity index (χ0n) is 12.5. The summed E-state index contributed by atoms with van der Waals surface area (Å²) < 4.78 is 10.5. The number of phenolic OH excluding ortho intramolecular Hbond substituents is 1. The van der Waals surface area contributed by atoms with Gasteiger partial charge in [0.15, 0.2) is 0 Å². The third kappa shape index (κ3) is 3.08. The van der Waals surface area contributed by atoms with E-state index < -0.39 is 5.97 Å². The third-order valence-corrected chi connectivity index (χ3v) is 3.48. The minimum atomic E-state index is -0.578. The number of methoxy groups -OCH3 is 1. The van der Waals surface area contributed by atoms with Gasteiger partial charge in [0.05, 0.1) is 7.11 Å². The van der Waals surface area contributed by atoms with Gasteiger partial charge in [-0.25, -0.2) is 4.79 Å². The molecule has 0 aliphatic heterocycles. The number of hydrogen-bond donors (Lipinski definition) is 1. The van der Waals surface area contributed by atoms with Gasteiger partial charge in [0.25, 0.3) is 0 Å². The molecule has 5 nitrogen and oxygen atoms in total. The summed E-state index contributed by atoms with van der Waals surface area (Å²) in [4.78, 5) is 15.7. The Balaban J connectivity index is 1.95. The van der Waals surface area contributed by atoms with Gasteiger partial charge in [-0.1, -0.05) is 18.2 Å². The fourth-order valence-electron chi connectivity index (χ4n) is 2.33. The van der Waals surface area contributed by atoms with Gasteiger partial charge in [-0.2, -0.15) is 0 Å². The number of carbonyl (C=O) groups excluding carboxylic acids is 1. The number of esters is 1. The minimum absolute atomic E-state index is 0.129. The van der Waals surface area contributed by atoms with E-state index in [9.17, 15) is 9.90 Å². The third-order valence-electron chi connectivity index (χ3n) is 3.48. The first-order valence-electron chi connectivity index (χ1n) is 7.05. The molecule has 0 aliphatic carbocycles. The average molecular weight is 309 g/mol. The van der Waals surface area contributed by atoms with Crippen molar-refractivity contribution >= 4 is 16.7 Å². The smallest absolute Gasteiger partial charge is 0.341 e. The standard InChI is InChI=1S/C18H15NO4/c1-22-18(21)15-8-13-5-2-6-17(14(13)9-16(15)20)23-11-12-4-3-7-19-10-12/h2-10,20H,11H2,1H3. The molecular formula is C18H15NO4. The van der Waals surface area contributed by atoms with Gasteiger partial charge >= 0.3 is 5.97 Å². The molecule has 1 N–H and O–H groups in total. The van der Waals surface area contributed by atoms with Crippen LogP contribution in [0.4, 0.5) is 0 Å². The largest absolute Gasteiger partial charge is 0.507 e. The number of nitrogens with zero attached hydrogens (tertiary/aromatic N) is 1. The summed E-state index contributed by atoms with van der Waals surface area (Å²) in [6, 6.07) is 12.4. The van der Waals surface area contributed by atoms with Crippen LogP contribution >= 0.6 is 0 Å². The Kier molecular flexibility index (Phi) is 4.10. The molecule has 116 valence electrons. The van der Waals surface area contributed by atoms with Crippen molar-refractivity contribution in [1.29, 1.82) is 0 Å². The van der Waals surface area contributed by atoms with Crippen molar-refractivity contribution in [2.75, 3.05) is 7.11 Å². The van der Waals surface area contributed by atoms with Crippen LogP contribution in [0.5, 0.6) is 11.5 Å². The minimum Gasteiger partial charge on any atom is -0.507 e. The Labute approximate surface area is 133 Å². The molecule has 0 saturated carbocycles. The zero-order valence-corrected chi connectivity index (χ0v) is 12.5. The fourth-order valence-corrected chi connectivity index (χ4v) is 2.33. The van der Waals surface area contributed by atoms with Crippen molar-refractivity contribution in [3.8, 4) is 11.5 Å². The van der Waals surface area contributed by atoms with E-state index >= 15 is 0 Å². The molecule has 0 amide bonds. The number of carbonyl (C=O) groups is 1. The number of pyridine rings is 1. The Hall–Kier alpha value is -3.08. The lowest BCUT2D eigenvalue weighted by atomic mass is 10.0. The number of ether oxygens (including phenoxy) is 2. The Morgan fingerprint density at radius 3 is 2.83 bits per heavy atom. The highest BCUT2D eigenvalue weighted by Gasteiger charge is 2.14. The molecule has 0 unspecified atom stereocenters. The summed E-state index contributed by atoms with van der Waals surface area (Å²) in [7, 11) is 1.28. The topological polar surface area (TPSA) is 68.7 Å². The van der Waals surface area contributed by atoms with Gasteiger partial charge < -0.3 is 14.6 Å². The maximum Gasteiger partial charge on any atom is 0.341 e. The van der Waals surface area contributed by atoms with E-state index in [1.807, 2.05) is 30.3 Å². The molecule has 0 aliphatic rings. The van der Waals surface area contributed by atoms with Gasteiger partial charge in [-0.3, -0.25) is 4.98 Å². The van der Waals surface area contributed by atoms with Crippen LogP contribution < -0.4 is 4.74 Å². The number of hydrogen-bond acceptors (Lipinski definition) is 5. The molecule has 0 radical (unpaired) electrons. The van der Waals surface area contributed by atoms with E-state index in [2.05, 4.69) is 9.72 Å². The highest BCUT2D eigenvalue weighted by molar-refractivity contribution is 6.00. The lowest BCUT2D eigenvalue weighted by molar-refractivity contribution is 0.0597. The fraction of sp³-hybridized carbons (Fsp3) is 0.111. The predicted octanol–water partition coefficient (Wildman–Crippen LogP) is 3.31. The number of rotatable bonds is 4. The van der Waals surface area contributed by atoms with E-state index in [1.165, 1.54) is 13.2 Å².